The van der Waals surface area contributed by atoms with Crippen molar-refractivity contribution in [3.63, 3.8) is 0 Å². The predicted molar refractivity (Wildman–Crippen MR) is 106 cm³/mol. The molecular weight excluding hydrogens is 378 g/mol. The van der Waals surface area contributed by atoms with E-state index < -0.39 is 5.97 Å². The summed E-state index contributed by atoms with van der Waals surface area (Å²) in [6.45, 7) is 4.38. The van der Waals surface area contributed by atoms with Crippen molar-refractivity contribution in [1.29, 1.82) is 0 Å². The normalized spacial score (nSPS) is 14.2. The van der Waals surface area contributed by atoms with Crippen molar-refractivity contribution < 1.29 is 19.4 Å². The number of nitrogens with one attached hydrogen (secondary N) is 1. The quantitative estimate of drug-likeness (QED) is 0.682. The first-order valence-electron chi connectivity index (χ1n) is 8.93. The molecule has 2 aromatic heterocycles. The lowest BCUT2D eigenvalue weighted by Gasteiger charge is -2.19. The third kappa shape index (κ3) is 3.61. The number of hydrogen-bond donors (Lipinski definition) is 2. The highest BCUT2D eigenvalue weighted by molar-refractivity contribution is 7.15. The molecule has 0 spiro atoms. The van der Waals surface area contributed by atoms with Gasteiger partial charge in [0.15, 0.2) is 11.5 Å². The molecule has 28 heavy (non-hydrogen) atoms. The molecule has 0 radical (unpaired) electrons. The number of fused-ring (bicyclic) bond motifs is 1. The smallest absolute Gasteiger partial charge is 0.354 e. The highest BCUT2D eigenvalue weighted by Gasteiger charge is 2.23. The minimum absolute atomic E-state index is 0.130. The number of rotatable bonds is 5. The van der Waals surface area contributed by atoms with Gasteiger partial charge >= 0.3 is 5.97 Å². The van der Waals surface area contributed by atoms with Gasteiger partial charge in [0.25, 0.3) is 0 Å². The van der Waals surface area contributed by atoms with Gasteiger partial charge in [-0.3, -0.25) is 10.00 Å². The number of carbonyl (C=O) groups is 1. The van der Waals surface area contributed by atoms with Gasteiger partial charge in [-0.2, -0.15) is 5.10 Å². The van der Waals surface area contributed by atoms with Crippen LogP contribution in [0.4, 0.5) is 0 Å². The zero-order chi connectivity index (χ0) is 19.7. The van der Waals surface area contributed by atoms with E-state index in [1.165, 1.54) is 9.75 Å². The van der Waals surface area contributed by atoms with E-state index in [0.717, 1.165) is 22.6 Å². The Balaban J connectivity index is 1.66. The summed E-state index contributed by atoms with van der Waals surface area (Å²) in [5.41, 5.74) is 2.91. The summed E-state index contributed by atoms with van der Waals surface area (Å²) in [5.74, 6) is 0.471. The van der Waals surface area contributed by atoms with Crippen molar-refractivity contribution in [1.82, 2.24) is 15.1 Å². The number of carboxylic acids is 1. The minimum atomic E-state index is -1.00. The van der Waals surface area contributed by atoms with E-state index in [1.807, 2.05) is 6.07 Å². The first kappa shape index (κ1) is 18.5. The first-order chi connectivity index (χ1) is 13.5. The van der Waals surface area contributed by atoms with E-state index in [9.17, 15) is 9.90 Å². The summed E-state index contributed by atoms with van der Waals surface area (Å²) in [4.78, 5) is 15.9. The SMILES string of the molecule is COc1cc(-c2ccc(C)s2)cc2c1OCCN(Cc1cn[nH]c1C(=O)O)C2. The van der Waals surface area contributed by atoms with Crippen LogP contribution in [0.5, 0.6) is 11.5 Å². The van der Waals surface area contributed by atoms with E-state index in [4.69, 9.17) is 9.47 Å². The van der Waals surface area contributed by atoms with Crippen LogP contribution in [0.15, 0.2) is 30.5 Å². The second-order valence-electron chi connectivity index (χ2n) is 6.71. The standard InChI is InChI=1S/C20H21N3O4S/c1-12-3-4-17(28-12)13-7-14-10-23(5-6-27-19(14)16(8-13)26-2)11-15-9-21-22-18(15)20(24)25/h3-4,7-9H,5-6,10-11H2,1-2H3,(H,21,22)(H,24,25). The molecular formula is C20H21N3O4S. The van der Waals surface area contributed by atoms with E-state index in [1.54, 1.807) is 24.6 Å². The van der Waals surface area contributed by atoms with E-state index in [2.05, 4.69) is 40.2 Å². The lowest BCUT2D eigenvalue weighted by Crippen LogP contribution is -2.26. The van der Waals surface area contributed by atoms with Crippen LogP contribution in [-0.4, -0.2) is 46.4 Å². The van der Waals surface area contributed by atoms with Gasteiger partial charge in [-0.15, -0.1) is 11.3 Å². The summed E-state index contributed by atoms with van der Waals surface area (Å²) in [6, 6.07) is 8.36. The molecule has 1 aromatic carbocycles. The number of aromatic amines is 1. The Hall–Kier alpha value is -2.84. The fourth-order valence-electron chi connectivity index (χ4n) is 3.41. The number of aromatic carboxylic acids is 1. The van der Waals surface area contributed by atoms with E-state index >= 15 is 0 Å². The number of thiophene rings is 1. The van der Waals surface area contributed by atoms with Gasteiger partial charge in [-0.1, -0.05) is 0 Å². The average Bonchev–Trinajstić information content (AvgIpc) is 3.26. The number of benzene rings is 1. The summed E-state index contributed by atoms with van der Waals surface area (Å²) < 4.78 is 11.6. The maximum absolute atomic E-state index is 11.3. The van der Waals surface area contributed by atoms with Gasteiger partial charge in [0.05, 0.1) is 13.3 Å². The Kier molecular flexibility index (Phi) is 5.06. The molecule has 0 unspecified atom stereocenters. The number of methoxy groups -OCH3 is 1. The van der Waals surface area contributed by atoms with Crippen molar-refractivity contribution in [3.8, 4) is 21.9 Å². The van der Waals surface area contributed by atoms with Crippen molar-refractivity contribution in [3.05, 3.63) is 52.2 Å². The Morgan fingerprint density at radius 1 is 1.43 bits per heavy atom. The Morgan fingerprint density at radius 3 is 3.00 bits per heavy atom. The molecule has 0 atom stereocenters. The zero-order valence-electron chi connectivity index (χ0n) is 15.7. The topological polar surface area (TPSA) is 87.7 Å². The zero-order valence-corrected chi connectivity index (χ0v) is 16.5. The van der Waals surface area contributed by atoms with Crippen LogP contribution in [0.1, 0.15) is 26.5 Å². The molecule has 0 saturated heterocycles. The van der Waals surface area contributed by atoms with Crippen LogP contribution in [0.3, 0.4) is 0 Å². The van der Waals surface area contributed by atoms with Gasteiger partial charge in [-0.25, -0.2) is 4.79 Å². The van der Waals surface area contributed by atoms with Gasteiger partial charge in [0.2, 0.25) is 0 Å². The average molecular weight is 399 g/mol. The van der Waals surface area contributed by atoms with Gasteiger partial charge < -0.3 is 14.6 Å². The molecule has 1 aliphatic rings. The largest absolute Gasteiger partial charge is 0.493 e. The highest BCUT2D eigenvalue weighted by Crippen LogP contribution is 2.40. The number of aromatic nitrogens is 2. The molecule has 0 saturated carbocycles. The number of ether oxygens (including phenoxy) is 2. The molecule has 3 aromatic rings. The third-order valence-electron chi connectivity index (χ3n) is 4.75. The molecule has 4 rings (SSSR count). The van der Waals surface area contributed by atoms with Crippen LogP contribution < -0.4 is 9.47 Å². The van der Waals surface area contributed by atoms with Crippen LogP contribution in [0, 0.1) is 6.92 Å². The van der Waals surface area contributed by atoms with Crippen molar-refractivity contribution in [2.45, 2.75) is 20.0 Å². The van der Waals surface area contributed by atoms with Gasteiger partial charge in [-0.05, 0) is 36.8 Å². The molecule has 0 amide bonds. The number of aryl methyl sites for hydroxylation is 1. The van der Waals surface area contributed by atoms with Crippen molar-refractivity contribution >= 4 is 17.3 Å². The lowest BCUT2D eigenvalue weighted by molar-refractivity contribution is 0.0688. The fraction of sp³-hybridized carbons (Fsp3) is 0.300. The Labute approximate surface area is 166 Å². The summed E-state index contributed by atoms with van der Waals surface area (Å²) in [6.07, 6.45) is 1.57. The molecule has 0 bridgehead atoms. The molecule has 0 fully saturated rings. The second-order valence-corrected chi connectivity index (χ2v) is 8.00. The van der Waals surface area contributed by atoms with Crippen LogP contribution in [-0.2, 0) is 13.1 Å². The maximum Gasteiger partial charge on any atom is 0.354 e. The molecule has 8 heteroatoms. The molecule has 2 N–H and O–H groups in total. The molecule has 1 aliphatic heterocycles. The lowest BCUT2D eigenvalue weighted by atomic mass is 10.1. The Bertz CT molecular complexity index is 1010. The number of nitrogens with zero attached hydrogens (tertiary/aromatic N) is 2. The monoisotopic (exact) mass is 399 g/mol. The minimum Gasteiger partial charge on any atom is -0.493 e. The summed E-state index contributed by atoms with van der Waals surface area (Å²) in [5, 5.41) is 15.7. The summed E-state index contributed by atoms with van der Waals surface area (Å²) in [7, 11) is 1.65. The van der Waals surface area contributed by atoms with Crippen molar-refractivity contribution in [2.75, 3.05) is 20.3 Å². The Morgan fingerprint density at radius 2 is 2.29 bits per heavy atom. The molecule has 146 valence electrons. The highest BCUT2D eigenvalue weighted by atomic mass is 32.1. The second kappa shape index (κ2) is 7.65. The fourth-order valence-corrected chi connectivity index (χ4v) is 4.27. The molecule has 0 aliphatic carbocycles. The molecule has 3 heterocycles. The van der Waals surface area contributed by atoms with Crippen LogP contribution >= 0.6 is 11.3 Å². The number of H-pyrrole nitrogens is 1. The predicted octanol–water partition coefficient (Wildman–Crippen LogP) is 3.55. The number of hydrogen-bond acceptors (Lipinski definition) is 6. The summed E-state index contributed by atoms with van der Waals surface area (Å²) >= 11 is 1.74. The van der Waals surface area contributed by atoms with Gasteiger partial charge in [0.1, 0.15) is 12.3 Å². The first-order valence-corrected chi connectivity index (χ1v) is 9.75. The van der Waals surface area contributed by atoms with E-state index in [-0.39, 0.29) is 5.69 Å². The third-order valence-corrected chi connectivity index (χ3v) is 5.80. The van der Waals surface area contributed by atoms with Gasteiger partial charge in [0, 0.05) is 40.5 Å². The van der Waals surface area contributed by atoms with Crippen molar-refractivity contribution in [2.24, 2.45) is 0 Å². The van der Waals surface area contributed by atoms with Crippen LogP contribution in [0.25, 0.3) is 10.4 Å². The van der Waals surface area contributed by atoms with E-state index in [0.29, 0.717) is 31.8 Å². The number of carboxylic acid groups (broad SMARTS) is 1. The molecule has 7 nitrogen and oxygen atoms in total. The van der Waals surface area contributed by atoms with Crippen LogP contribution in [0.2, 0.25) is 0 Å². The maximum atomic E-state index is 11.3.